The van der Waals surface area contributed by atoms with Gasteiger partial charge in [0.2, 0.25) is 5.91 Å². The first-order valence-corrected chi connectivity index (χ1v) is 4.22. The van der Waals surface area contributed by atoms with Crippen molar-refractivity contribution in [3.63, 3.8) is 0 Å². The van der Waals surface area contributed by atoms with E-state index in [0.29, 0.717) is 13.0 Å². The van der Waals surface area contributed by atoms with Crippen molar-refractivity contribution in [2.45, 2.75) is 13.3 Å². The number of nitrogens with zero attached hydrogens (tertiary/aromatic N) is 2. The Balaban J connectivity index is 4.17. The molecule has 0 aromatic carbocycles. The van der Waals surface area contributed by atoms with Crippen molar-refractivity contribution in [1.29, 1.82) is 0 Å². The van der Waals surface area contributed by atoms with Crippen molar-refractivity contribution in [1.82, 2.24) is 4.90 Å². The lowest BCUT2D eigenvalue weighted by molar-refractivity contribution is -0.129. The number of hydrogen-bond donors (Lipinski definition) is 1. The molecule has 0 spiro atoms. The molecule has 0 saturated carbocycles. The number of hydrogen-bond acceptors (Lipinski definition) is 3. The average molecular weight is 183 g/mol. The van der Waals surface area contributed by atoms with Crippen LogP contribution in [-0.4, -0.2) is 37.7 Å². The van der Waals surface area contributed by atoms with Gasteiger partial charge in [0.25, 0.3) is 0 Å². The van der Waals surface area contributed by atoms with E-state index in [4.69, 9.17) is 5.73 Å². The molecule has 0 atom stereocenters. The van der Waals surface area contributed by atoms with Crippen LogP contribution in [0.2, 0.25) is 0 Å². The first kappa shape index (κ1) is 11.7. The summed E-state index contributed by atoms with van der Waals surface area (Å²) in [5.74, 6) is 0.101. The van der Waals surface area contributed by atoms with Gasteiger partial charge in [-0.25, -0.2) is 0 Å². The van der Waals surface area contributed by atoms with Gasteiger partial charge in [-0.05, 0) is 0 Å². The average Bonchev–Trinajstić information content (AvgIpc) is 2.15. The number of rotatable bonds is 4. The Labute approximate surface area is 79.1 Å². The van der Waals surface area contributed by atoms with Crippen molar-refractivity contribution >= 4 is 12.1 Å². The van der Waals surface area contributed by atoms with E-state index in [1.165, 1.54) is 6.20 Å². The first-order chi connectivity index (χ1) is 6.15. The summed E-state index contributed by atoms with van der Waals surface area (Å²) in [7, 11) is 3.42. The van der Waals surface area contributed by atoms with Gasteiger partial charge in [-0.15, -0.1) is 0 Å². The fourth-order valence-electron chi connectivity index (χ4n) is 0.934. The minimum Gasteiger partial charge on any atom is -0.404 e. The Morgan fingerprint density at radius 3 is 2.62 bits per heavy atom. The molecular weight excluding hydrogens is 166 g/mol. The van der Waals surface area contributed by atoms with Crippen molar-refractivity contribution in [3.8, 4) is 0 Å². The minimum atomic E-state index is 0.101. The van der Waals surface area contributed by atoms with E-state index < -0.39 is 0 Å². The summed E-state index contributed by atoms with van der Waals surface area (Å²) >= 11 is 0. The van der Waals surface area contributed by atoms with Gasteiger partial charge in [0, 0.05) is 45.0 Å². The molecule has 0 saturated heterocycles. The van der Waals surface area contributed by atoms with Crippen molar-refractivity contribution in [3.05, 3.63) is 11.8 Å². The van der Waals surface area contributed by atoms with Crippen molar-refractivity contribution < 1.29 is 4.79 Å². The Kier molecular flexibility index (Phi) is 5.59. The van der Waals surface area contributed by atoms with E-state index in [1.54, 1.807) is 25.2 Å². The lowest BCUT2D eigenvalue weighted by atomic mass is 10.3. The highest BCUT2D eigenvalue weighted by molar-refractivity contribution is 5.81. The quantitative estimate of drug-likeness (QED) is 0.641. The zero-order chi connectivity index (χ0) is 10.3. The predicted octanol–water partition coefficient (Wildman–Crippen LogP) is 0.398. The lowest BCUT2D eigenvalue weighted by Gasteiger charge is -2.15. The number of carbonyl (C=O) groups excluding carboxylic acids is 1. The van der Waals surface area contributed by atoms with Gasteiger partial charge < -0.3 is 10.6 Å². The number of amides is 1. The summed E-state index contributed by atoms with van der Waals surface area (Å²) in [5, 5.41) is 0. The molecule has 4 nitrogen and oxygen atoms in total. The monoisotopic (exact) mass is 183 g/mol. The van der Waals surface area contributed by atoms with Gasteiger partial charge in [0.15, 0.2) is 0 Å². The predicted molar refractivity (Wildman–Crippen MR) is 54.6 cm³/mol. The van der Waals surface area contributed by atoms with Crippen molar-refractivity contribution in [2.24, 2.45) is 10.7 Å². The fourth-order valence-corrected chi connectivity index (χ4v) is 0.934. The standard InChI is InChI=1S/C9H17N3O/c1-4-9(13)12(3)7-8(5-10)6-11-2/h5-6H,4,7,10H2,1-3H3. The van der Waals surface area contributed by atoms with E-state index >= 15 is 0 Å². The summed E-state index contributed by atoms with van der Waals surface area (Å²) in [6, 6.07) is 0. The highest BCUT2D eigenvalue weighted by Crippen LogP contribution is 1.95. The smallest absolute Gasteiger partial charge is 0.222 e. The number of carbonyl (C=O) groups is 1. The number of aliphatic imine (C=N–C) groups is 1. The van der Waals surface area contributed by atoms with Crippen LogP contribution < -0.4 is 5.73 Å². The van der Waals surface area contributed by atoms with Crippen LogP contribution in [-0.2, 0) is 4.79 Å². The van der Waals surface area contributed by atoms with Gasteiger partial charge in [-0.3, -0.25) is 9.79 Å². The van der Waals surface area contributed by atoms with Gasteiger partial charge in [-0.2, -0.15) is 0 Å². The van der Waals surface area contributed by atoms with Crippen LogP contribution in [0.4, 0.5) is 0 Å². The lowest BCUT2D eigenvalue weighted by Crippen LogP contribution is -2.28. The Bertz CT molecular complexity index is 221. The van der Waals surface area contributed by atoms with Gasteiger partial charge >= 0.3 is 0 Å². The second kappa shape index (κ2) is 6.22. The molecule has 0 aliphatic carbocycles. The molecule has 4 heteroatoms. The molecule has 0 aliphatic rings. The maximum atomic E-state index is 11.2. The Morgan fingerprint density at radius 2 is 2.23 bits per heavy atom. The molecule has 0 rings (SSSR count). The Morgan fingerprint density at radius 1 is 1.62 bits per heavy atom. The molecule has 0 heterocycles. The molecule has 1 amide bonds. The van der Waals surface area contributed by atoms with E-state index in [9.17, 15) is 4.79 Å². The molecule has 0 unspecified atom stereocenters. The second-order valence-corrected chi connectivity index (χ2v) is 2.73. The molecule has 0 aliphatic heterocycles. The van der Waals surface area contributed by atoms with E-state index in [1.807, 2.05) is 6.92 Å². The van der Waals surface area contributed by atoms with E-state index in [0.717, 1.165) is 5.57 Å². The summed E-state index contributed by atoms with van der Waals surface area (Å²) in [4.78, 5) is 16.6. The third-order valence-corrected chi connectivity index (χ3v) is 1.66. The van der Waals surface area contributed by atoms with Crippen LogP contribution >= 0.6 is 0 Å². The summed E-state index contributed by atoms with van der Waals surface area (Å²) in [6.45, 7) is 2.35. The maximum Gasteiger partial charge on any atom is 0.222 e. The number of nitrogens with two attached hydrogens (primary N) is 1. The first-order valence-electron chi connectivity index (χ1n) is 4.22. The van der Waals surface area contributed by atoms with Crippen LogP contribution in [0.5, 0.6) is 0 Å². The van der Waals surface area contributed by atoms with Gasteiger partial charge in [-0.1, -0.05) is 6.92 Å². The van der Waals surface area contributed by atoms with Crippen molar-refractivity contribution in [2.75, 3.05) is 20.6 Å². The molecular formula is C9H17N3O. The maximum absolute atomic E-state index is 11.2. The summed E-state index contributed by atoms with van der Waals surface area (Å²) < 4.78 is 0. The third kappa shape index (κ3) is 4.30. The molecule has 0 aromatic rings. The SMILES string of the molecule is CCC(=O)N(C)CC(C=NC)=CN. The minimum absolute atomic E-state index is 0.101. The molecule has 13 heavy (non-hydrogen) atoms. The largest absolute Gasteiger partial charge is 0.404 e. The van der Waals surface area contributed by atoms with E-state index in [2.05, 4.69) is 4.99 Å². The van der Waals surface area contributed by atoms with Gasteiger partial charge in [0.1, 0.15) is 0 Å². The third-order valence-electron chi connectivity index (χ3n) is 1.66. The highest BCUT2D eigenvalue weighted by Gasteiger charge is 2.06. The van der Waals surface area contributed by atoms with Crippen LogP contribution in [0.1, 0.15) is 13.3 Å². The second-order valence-electron chi connectivity index (χ2n) is 2.73. The molecule has 0 bridgehead atoms. The molecule has 0 radical (unpaired) electrons. The fraction of sp³-hybridized carbons (Fsp3) is 0.556. The highest BCUT2D eigenvalue weighted by atomic mass is 16.2. The summed E-state index contributed by atoms with van der Waals surface area (Å²) in [5.41, 5.74) is 6.20. The van der Waals surface area contributed by atoms with Crippen LogP contribution in [0.25, 0.3) is 0 Å². The van der Waals surface area contributed by atoms with Crippen LogP contribution in [0.3, 0.4) is 0 Å². The normalized spacial score (nSPS) is 12.1. The molecule has 0 aromatic heterocycles. The Hall–Kier alpha value is -1.32. The molecule has 2 N–H and O–H groups in total. The zero-order valence-electron chi connectivity index (χ0n) is 8.45. The molecule has 74 valence electrons. The molecule has 0 fully saturated rings. The zero-order valence-corrected chi connectivity index (χ0v) is 8.45. The topological polar surface area (TPSA) is 58.7 Å². The summed E-state index contributed by atoms with van der Waals surface area (Å²) in [6.07, 6.45) is 3.63. The van der Waals surface area contributed by atoms with E-state index in [-0.39, 0.29) is 5.91 Å². The number of likely N-dealkylation sites (N-methyl/N-ethyl adjacent to an activating group) is 1. The van der Waals surface area contributed by atoms with Gasteiger partial charge in [0.05, 0.1) is 0 Å². The van der Waals surface area contributed by atoms with Crippen LogP contribution in [0.15, 0.2) is 16.8 Å². The van der Waals surface area contributed by atoms with Crippen LogP contribution in [0, 0.1) is 0 Å².